The summed E-state index contributed by atoms with van der Waals surface area (Å²) in [6, 6.07) is 17.9. The summed E-state index contributed by atoms with van der Waals surface area (Å²) in [5.74, 6) is -1.33. The average Bonchev–Trinajstić information content (AvgIpc) is 3.08. The molecule has 2 heterocycles. The quantitative estimate of drug-likeness (QED) is 0.419. The molecular weight excluding hydrogens is 464 g/mol. The van der Waals surface area contributed by atoms with Gasteiger partial charge in [0.05, 0.1) is 11.1 Å². The fourth-order valence-electron chi connectivity index (χ4n) is 3.70. The van der Waals surface area contributed by atoms with Gasteiger partial charge in [0.15, 0.2) is 12.3 Å². The highest BCUT2D eigenvalue weighted by Gasteiger charge is 2.56. The van der Waals surface area contributed by atoms with Gasteiger partial charge in [-0.05, 0) is 37.3 Å². The van der Waals surface area contributed by atoms with Crippen LogP contribution in [-0.4, -0.2) is 51.0 Å². The van der Waals surface area contributed by atoms with Crippen LogP contribution in [0.25, 0.3) is 0 Å². The predicted octanol–water partition coefficient (Wildman–Crippen LogP) is 2.63. The van der Waals surface area contributed by atoms with Gasteiger partial charge in [-0.3, -0.25) is 4.57 Å². The van der Waals surface area contributed by atoms with Crippen LogP contribution >= 0.6 is 11.6 Å². The van der Waals surface area contributed by atoms with Crippen LogP contribution in [0.4, 0.5) is 0 Å². The Kier molecular flexibility index (Phi) is 6.78. The lowest BCUT2D eigenvalue weighted by Crippen LogP contribution is -2.48. The van der Waals surface area contributed by atoms with Crippen LogP contribution < -0.4 is 5.69 Å². The number of carbonyl (C=O) groups excluding carboxylic acids is 2. The molecule has 9 nitrogen and oxygen atoms in total. The SMILES string of the molecule is C[C@@]1(O)[C@H](OC(=O)c2ccccc2)[C@@H](COC(=O)c2ccccc2)O[C@H]1n1ccc(Cl)nc1=O. The number of aliphatic hydroxyl groups is 1. The van der Waals surface area contributed by atoms with Gasteiger partial charge < -0.3 is 19.3 Å². The molecule has 10 heteroatoms. The predicted molar refractivity (Wildman–Crippen MR) is 120 cm³/mol. The second-order valence-electron chi connectivity index (χ2n) is 7.85. The molecule has 1 aliphatic heterocycles. The van der Waals surface area contributed by atoms with Crippen molar-refractivity contribution in [3.8, 4) is 0 Å². The minimum absolute atomic E-state index is 0.0284. The maximum absolute atomic E-state index is 12.8. The van der Waals surface area contributed by atoms with Gasteiger partial charge in [0.1, 0.15) is 23.5 Å². The summed E-state index contributed by atoms with van der Waals surface area (Å²) in [6.07, 6.45) is -2.34. The number of esters is 2. The monoisotopic (exact) mass is 484 g/mol. The molecule has 1 fully saturated rings. The van der Waals surface area contributed by atoms with Crippen molar-refractivity contribution in [1.29, 1.82) is 0 Å². The molecule has 176 valence electrons. The van der Waals surface area contributed by atoms with Crippen LogP contribution in [0, 0.1) is 0 Å². The molecule has 0 amide bonds. The Labute approximate surface area is 199 Å². The van der Waals surface area contributed by atoms with Crippen molar-refractivity contribution in [3.63, 3.8) is 0 Å². The Balaban J connectivity index is 1.61. The molecule has 0 unspecified atom stereocenters. The normalized spacial score (nSPS) is 23.9. The van der Waals surface area contributed by atoms with Crippen molar-refractivity contribution in [2.75, 3.05) is 6.61 Å². The largest absolute Gasteiger partial charge is 0.459 e. The van der Waals surface area contributed by atoms with E-state index in [-0.39, 0.29) is 17.3 Å². The molecule has 1 aliphatic rings. The Morgan fingerprint density at radius 1 is 1.06 bits per heavy atom. The molecule has 0 radical (unpaired) electrons. The molecule has 2 aromatic carbocycles. The summed E-state index contributed by atoms with van der Waals surface area (Å²) in [5, 5.41) is 11.3. The fourth-order valence-corrected chi connectivity index (χ4v) is 3.83. The number of aromatic nitrogens is 2. The van der Waals surface area contributed by atoms with E-state index >= 15 is 0 Å². The molecule has 3 aromatic rings. The van der Waals surface area contributed by atoms with E-state index in [1.54, 1.807) is 60.7 Å². The number of hydrogen-bond acceptors (Lipinski definition) is 8. The van der Waals surface area contributed by atoms with Gasteiger partial charge in [-0.15, -0.1) is 0 Å². The van der Waals surface area contributed by atoms with Crippen molar-refractivity contribution < 1.29 is 28.9 Å². The van der Waals surface area contributed by atoms with Gasteiger partial charge in [-0.25, -0.2) is 14.4 Å². The molecule has 0 spiro atoms. The van der Waals surface area contributed by atoms with Crippen LogP contribution in [0.5, 0.6) is 0 Å². The molecule has 1 N–H and O–H groups in total. The van der Waals surface area contributed by atoms with Gasteiger partial charge in [0.2, 0.25) is 0 Å². The first-order valence-corrected chi connectivity index (χ1v) is 10.8. The highest BCUT2D eigenvalue weighted by atomic mass is 35.5. The van der Waals surface area contributed by atoms with Crippen LogP contribution in [0.2, 0.25) is 5.15 Å². The van der Waals surface area contributed by atoms with Crippen LogP contribution in [-0.2, 0) is 14.2 Å². The lowest BCUT2D eigenvalue weighted by atomic mass is 9.96. The first-order chi connectivity index (χ1) is 16.3. The lowest BCUT2D eigenvalue weighted by molar-refractivity contribution is -0.101. The van der Waals surface area contributed by atoms with Gasteiger partial charge >= 0.3 is 17.6 Å². The number of carbonyl (C=O) groups is 2. The lowest BCUT2D eigenvalue weighted by Gasteiger charge is -2.30. The maximum atomic E-state index is 12.8. The van der Waals surface area contributed by atoms with E-state index in [1.165, 1.54) is 19.2 Å². The van der Waals surface area contributed by atoms with Crippen LogP contribution in [0.1, 0.15) is 33.9 Å². The highest BCUT2D eigenvalue weighted by molar-refractivity contribution is 6.29. The maximum Gasteiger partial charge on any atom is 0.351 e. The van der Waals surface area contributed by atoms with Gasteiger partial charge in [0, 0.05) is 6.20 Å². The van der Waals surface area contributed by atoms with Crippen molar-refractivity contribution in [2.45, 2.75) is 31.0 Å². The number of halogens is 1. The summed E-state index contributed by atoms with van der Waals surface area (Å²) >= 11 is 5.78. The Morgan fingerprint density at radius 2 is 1.65 bits per heavy atom. The molecule has 1 saturated heterocycles. The van der Waals surface area contributed by atoms with E-state index in [0.717, 1.165) is 4.57 Å². The number of ether oxygens (including phenoxy) is 3. The molecule has 0 aliphatic carbocycles. The van der Waals surface area contributed by atoms with E-state index in [0.29, 0.717) is 5.56 Å². The van der Waals surface area contributed by atoms with Gasteiger partial charge in [-0.2, -0.15) is 4.98 Å². The number of benzene rings is 2. The first-order valence-electron chi connectivity index (χ1n) is 10.4. The standard InChI is InChI=1S/C24H21ClN2O7/c1-24(31)19(34-21(29)16-10-6-3-7-11-16)17(14-32-20(28)15-8-4-2-5-9-15)33-22(24)27-13-12-18(25)26-23(27)30/h2-13,17,19,22,31H,14H2,1H3/t17-,19-,22-,24-/m1/s1. The van der Waals surface area contributed by atoms with E-state index in [9.17, 15) is 19.5 Å². The van der Waals surface area contributed by atoms with Crippen molar-refractivity contribution in [1.82, 2.24) is 9.55 Å². The summed E-state index contributed by atoms with van der Waals surface area (Å²) < 4.78 is 17.9. The van der Waals surface area contributed by atoms with Gasteiger partial charge in [-0.1, -0.05) is 48.0 Å². The fraction of sp³-hybridized carbons (Fsp3) is 0.250. The third-order valence-electron chi connectivity index (χ3n) is 5.40. The molecule has 1 aromatic heterocycles. The number of hydrogen-bond donors (Lipinski definition) is 1. The van der Waals surface area contributed by atoms with Crippen molar-refractivity contribution >= 4 is 23.5 Å². The molecule has 0 bridgehead atoms. The smallest absolute Gasteiger partial charge is 0.351 e. The Hall–Kier alpha value is -3.53. The number of nitrogens with zero attached hydrogens (tertiary/aromatic N) is 2. The first kappa shape index (κ1) is 23.6. The van der Waals surface area contributed by atoms with Crippen molar-refractivity contribution in [2.24, 2.45) is 0 Å². The molecule has 34 heavy (non-hydrogen) atoms. The summed E-state index contributed by atoms with van der Waals surface area (Å²) in [6.45, 7) is 1.02. The highest BCUT2D eigenvalue weighted by Crippen LogP contribution is 2.40. The average molecular weight is 485 g/mol. The second-order valence-corrected chi connectivity index (χ2v) is 8.24. The Morgan fingerprint density at radius 3 is 2.24 bits per heavy atom. The van der Waals surface area contributed by atoms with Crippen molar-refractivity contribution in [3.05, 3.63) is 99.7 Å². The summed E-state index contributed by atoms with van der Waals surface area (Å²) in [5.41, 5.74) is -2.08. The van der Waals surface area contributed by atoms with E-state index in [1.807, 2.05) is 0 Å². The minimum Gasteiger partial charge on any atom is -0.459 e. The Bertz CT molecular complexity index is 1230. The molecule has 4 atom stereocenters. The van der Waals surface area contributed by atoms with Crippen LogP contribution in [0.3, 0.4) is 0 Å². The van der Waals surface area contributed by atoms with E-state index in [2.05, 4.69) is 4.98 Å². The summed E-state index contributed by atoms with van der Waals surface area (Å²) in [7, 11) is 0. The zero-order chi connectivity index (χ0) is 24.3. The molecule has 4 rings (SSSR count). The third-order valence-corrected chi connectivity index (χ3v) is 5.61. The zero-order valence-corrected chi connectivity index (χ0v) is 18.8. The number of rotatable bonds is 6. The zero-order valence-electron chi connectivity index (χ0n) is 18.0. The van der Waals surface area contributed by atoms with E-state index < -0.39 is 41.7 Å². The third kappa shape index (κ3) is 4.86. The van der Waals surface area contributed by atoms with E-state index in [4.69, 9.17) is 25.8 Å². The second kappa shape index (κ2) is 9.76. The summed E-state index contributed by atoms with van der Waals surface area (Å²) in [4.78, 5) is 41.2. The van der Waals surface area contributed by atoms with Gasteiger partial charge in [0.25, 0.3) is 0 Å². The van der Waals surface area contributed by atoms with Crippen LogP contribution in [0.15, 0.2) is 77.7 Å². The molecular formula is C24H21ClN2O7. The minimum atomic E-state index is -1.88. The topological polar surface area (TPSA) is 117 Å². The molecule has 0 saturated carbocycles.